The van der Waals surface area contributed by atoms with E-state index in [0.29, 0.717) is 5.57 Å². The predicted molar refractivity (Wildman–Crippen MR) is 112 cm³/mol. The number of phenols is 1. The van der Waals surface area contributed by atoms with Crippen LogP contribution in [-0.4, -0.2) is 63.7 Å². The first-order chi connectivity index (χ1) is 13.6. The molecule has 0 saturated carbocycles. The van der Waals surface area contributed by atoms with Crippen molar-refractivity contribution in [1.29, 1.82) is 0 Å². The van der Waals surface area contributed by atoms with Gasteiger partial charge in [0.15, 0.2) is 0 Å². The Kier molecular flexibility index (Phi) is 5.59. The normalized spacial score (nSPS) is 19.8. The van der Waals surface area contributed by atoms with E-state index in [4.69, 9.17) is 0 Å². The molecular formula is C22H24N2O3S. The predicted octanol–water partition coefficient (Wildman–Crippen LogP) is 3.27. The minimum atomic E-state index is -0.907. The summed E-state index contributed by atoms with van der Waals surface area (Å²) in [6.45, 7) is 3.81. The van der Waals surface area contributed by atoms with Crippen LogP contribution in [-0.2, 0) is 4.79 Å². The molecule has 0 aliphatic carbocycles. The number of carboxylic acids is 1. The average Bonchev–Trinajstić information content (AvgIpc) is 2.73. The van der Waals surface area contributed by atoms with Crippen LogP contribution in [0.5, 0.6) is 5.75 Å². The zero-order chi connectivity index (χ0) is 19.5. The van der Waals surface area contributed by atoms with E-state index in [1.165, 1.54) is 0 Å². The Bertz CT molecular complexity index is 876. The number of hydrogen-bond acceptors (Lipinski definition) is 5. The van der Waals surface area contributed by atoms with E-state index in [2.05, 4.69) is 9.80 Å². The van der Waals surface area contributed by atoms with Gasteiger partial charge in [0.05, 0.1) is 11.6 Å². The molecule has 28 heavy (non-hydrogen) atoms. The second kappa shape index (κ2) is 8.29. The van der Waals surface area contributed by atoms with Crippen LogP contribution in [0.1, 0.15) is 22.7 Å². The number of nitrogens with zero attached hydrogens (tertiary/aromatic N) is 2. The van der Waals surface area contributed by atoms with Gasteiger partial charge in [-0.05, 0) is 28.8 Å². The third kappa shape index (κ3) is 3.88. The molecule has 1 fully saturated rings. The summed E-state index contributed by atoms with van der Waals surface area (Å²) in [6.07, 6.45) is 1.79. The number of phenolic OH excluding ortho intramolecular Hbond substituents is 1. The number of benzene rings is 2. The van der Waals surface area contributed by atoms with Crippen molar-refractivity contribution in [2.75, 3.05) is 37.7 Å². The van der Waals surface area contributed by atoms with Crippen molar-refractivity contribution in [3.05, 3.63) is 71.4 Å². The molecule has 1 atom stereocenters. The minimum absolute atomic E-state index is 0.0703. The summed E-state index contributed by atoms with van der Waals surface area (Å²) in [5, 5.41) is 19.5. The molecule has 1 saturated heterocycles. The van der Waals surface area contributed by atoms with E-state index >= 15 is 0 Å². The number of thioether (sulfide) groups is 1. The van der Waals surface area contributed by atoms with Gasteiger partial charge in [-0.25, -0.2) is 4.79 Å². The van der Waals surface area contributed by atoms with Crippen molar-refractivity contribution in [3.8, 4) is 5.75 Å². The number of hydrogen-bond donors (Lipinski definition) is 2. The molecule has 4 rings (SSSR count). The molecule has 2 N–H and O–H groups in total. The van der Waals surface area contributed by atoms with Gasteiger partial charge in [0.1, 0.15) is 5.75 Å². The zero-order valence-corrected chi connectivity index (χ0v) is 16.4. The van der Waals surface area contributed by atoms with Gasteiger partial charge in [0.25, 0.3) is 0 Å². The van der Waals surface area contributed by atoms with Gasteiger partial charge in [-0.3, -0.25) is 4.90 Å². The third-order valence-corrected chi connectivity index (χ3v) is 6.33. The van der Waals surface area contributed by atoms with Crippen LogP contribution in [0.25, 0.3) is 5.57 Å². The summed E-state index contributed by atoms with van der Waals surface area (Å²) in [5.74, 6) is 1.63. The van der Waals surface area contributed by atoms with Crippen molar-refractivity contribution in [2.24, 2.45) is 0 Å². The van der Waals surface area contributed by atoms with Crippen LogP contribution in [0.2, 0.25) is 0 Å². The highest BCUT2D eigenvalue weighted by Gasteiger charge is 2.31. The third-order valence-electron chi connectivity index (χ3n) is 5.39. The summed E-state index contributed by atoms with van der Waals surface area (Å²) >= 11 is 1.99. The van der Waals surface area contributed by atoms with E-state index in [9.17, 15) is 15.0 Å². The first kappa shape index (κ1) is 18.9. The molecule has 5 nitrogen and oxygen atoms in total. The van der Waals surface area contributed by atoms with E-state index < -0.39 is 5.97 Å². The maximum absolute atomic E-state index is 11.9. The largest absolute Gasteiger partial charge is 0.508 e. The molecule has 2 aromatic rings. The molecule has 2 aromatic carbocycles. The lowest BCUT2D eigenvalue weighted by atomic mass is 9.87. The molecule has 1 unspecified atom stereocenters. The van der Waals surface area contributed by atoms with Gasteiger partial charge in [-0.1, -0.05) is 36.4 Å². The Morgan fingerprint density at radius 3 is 2.46 bits per heavy atom. The van der Waals surface area contributed by atoms with Crippen LogP contribution in [0.4, 0.5) is 0 Å². The van der Waals surface area contributed by atoms with Crippen molar-refractivity contribution < 1.29 is 15.0 Å². The molecule has 6 heteroatoms. The first-order valence-corrected chi connectivity index (χ1v) is 10.7. The lowest BCUT2D eigenvalue weighted by molar-refractivity contribution is -0.130. The van der Waals surface area contributed by atoms with Crippen LogP contribution >= 0.6 is 11.8 Å². The molecule has 0 radical (unpaired) electrons. The lowest BCUT2D eigenvalue weighted by Gasteiger charge is -2.38. The van der Waals surface area contributed by atoms with Crippen LogP contribution < -0.4 is 0 Å². The van der Waals surface area contributed by atoms with Gasteiger partial charge in [-0.15, -0.1) is 0 Å². The highest BCUT2D eigenvalue weighted by atomic mass is 32.2. The Labute approximate surface area is 169 Å². The summed E-state index contributed by atoms with van der Waals surface area (Å²) in [4.78, 5) is 16.5. The molecule has 2 aliphatic heterocycles. The summed E-state index contributed by atoms with van der Waals surface area (Å²) in [6, 6.07) is 14.9. The highest BCUT2D eigenvalue weighted by Crippen LogP contribution is 2.39. The number of aliphatic carboxylic acids is 1. The second-order valence-electron chi connectivity index (χ2n) is 7.12. The van der Waals surface area contributed by atoms with Crippen LogP contribution in [0.15, 0.2) is 54.7 Å². The quantitative estimate of drug-likeness (QED) is 0.809. The Hall–Kier alpha value is -2.44. The number of carbonyl (C=O) groups is 1. The molecule has 0 spiro atoms. The number of fused-ring (bicyclic) bond motifs is 1. The zero-order valence-electron chi connectivity index (χ0n) is 15.6. The maximum atomic E-state index is 11.9. The maximum Gasteiger partial charge on any atom is 0.337 e. The number of aromatic hydroxyl groups is 1. The van der Waals surface area contributed by atoms with E-state index in [-0.39, 0.29) is 11.8 Å². The molecule has 0 bridgehead atoms. The monoisotopic (exact) mass is 396 g/mol. The Balaban J connectivity index is 1.70. The standard InChI is InChI=1S/C22H24N2O3S/c25-17-7-5-16(6-8-17)21-19-4-2-1-3-18(19)20(22(26)27)15-24(21)10-9-23-11-13-28-14-12-23/h1-8,15,21,25H,9-14H2,(H,26,27). The fourth-order valence-corrected chi connectivity index (χ4v) is 4.92. The average molecular weight is 397 g/mol. The van der Waals surface area contributed by atoms with Crippen LogP contribution in [0, 0.1) is 0 Å². The van der Waals surface area contributed by atoms with Crippen molar-refractivity contribution >= 4 is 23.3 Å². The van der Waals surface area contributed by atoms with Crippen LogP contribution in [0.3, 0.4) is 0 Å². The van der Waals surface area contributed by atoms with Gasteiger partial charge < -0.3 is 15.1 Å². The highest BCUT2D eigenvalue weighted by molar-refractivity contribution is 7.99. The molecule has 0 amide bonds. The lowest BCUT2D eigenvalue weighted by Crippen LogP contribution is -2.40. The van der Waals surface area contributed by atoms with Gasteiger partial charge in [0, 0.05) is 43.9 Å². The van der Waals surface area contributed by atoms with Crippen molar-refractivity contribution in [1.82, 2.24) is 9.80 Å². The summed E-state index contributed by atoms with van der Waals surface area (Å²) < 4.78 is 0. The van der Waals surface area contributed by atoms with Crippen molar-refractivity contribution in [2.45, 2.75) is 6.04 Å². The SMILES string of the molecule is O=C(O)C1=CN(CCN2CCSCC2)C(c2ccc(O)cc2)c2ccccc21. The van der Waals surface area contributed by atoms with Gasteiger partial charge >= 0.3 is 5.97 Å². The van der Waals surface area contributed by atoms with Gasteiger partial charge in [0.2, 0.25) is 0 Å². The molecule has 2 aliphatic rings. The molecule has 0 aromatic heterocycles. The van der Waals surface area contributed by atoms with E-state index in [1.54, 1.807) is 18.3 Å². The number of rotatable bonds is 5. The van der Waals surface area contributed by atoms with E-state index in [0.717, 1.165) is 54.4 Å². The molecular weight excluding hydrogens is 372 g/mol. The first-order valence-electron chi connectivity index (χ1n) is 9.52. The molecule has 2 heterocycles. The summed E-state index contributed by atoms with van der Waals surface area (Å²) in [7, 11) is 0. The minimum Gasteiger partial charge on any atom is -0.508 e. The summed E-state index contributed by atoms with van der Waals surface area (Å²) in [5.41, 5.74) is 3.13. The smallest absolute Gasteiger partial charge is 0.337 e. The fraction of sp³-hybridized carbons (Fsp3) is 0.318. The second-order valence-corrected chi connectivity index (χ2v) is 8.35. The van der Waals surface area contributed by atoms with Crippen molar-refractivity contribution in [3.63, 3.8) is 0 Å². The van der Waals surface area contributed by atoms with E-state index in [1.807, 2.05) is 48.2 Å². The molecule has 146 valence electrons. The topological polar surface area (TPSA) is 64.0 Å². The number of carboxylic acid groups (broad SMARTS) is 1. The Morgan fingerprint density at radius 2 is 1.75 bits per heavy atom. The van der Waals surface area contributed by atoms with Gasteiger partial charge in [-0.2, -0.15) is 11.8 Å². The Morgan fingerprint density at radius 1 is 1.04 bits per heavy atom. The fourth-order valence-electron chi connectivity index (χ4n) is 3.94.